The second kappa shape index (κ2) is 6.09. The average molecular weight is 334 g/mol. The van der Waals surface area contributed by atoms with Crippen molar-refractivity contribution in [1.29, 1.82) is 0 Å². The highest BCUT2D eigenvalue weighted by Gasteiger charge is 2.38. The van der Waals surface area contributed by atoms with E-state index in [9.17, 15) is 4.79 Å². The highest BCUT2D eigenvalue weighted by atomic mass is 16.5. The van der Waals surface area contributed by atoms with Crippen molar-refractivity contribution in [1.82, 2.24) is 5.32 Å². The predicted octanol–water partition coefficient (Wildman–Crippen LogP) is 3.86. The summed E-state index contributed by atoms with van der Waals surface area (Å²) < 4.78 is 11.4. The minimum absolute atomic E-state index is 0.0273. The molecular formula is C20H18N2O3. The van der Waals surface area contributed by atoms with Crippen LogP contribution in [0.4, 0.5) is 4.79 Å². The zero-order valence-electron chi connectivity index (χ0n) is 13.9. The number of ether oxygens (including phenoxy) is 2. The molecule has 0 spiro atoms. The Morgan fingerprint density at radius 1 is 1.24 bits per heavy atom. The number of rotatable bonds is 3. The molecule has 0 bridgehead atoms. The lowest BCUT2D eigenvalue weighted by atomic mass is 9.83. The zero-order chi connectivity index (χ0) is 17.4. The van der Waals surface area contributed by atoms with Crippen molar-refractivity contribution in [3.8, 4) is 11.5 Å². The Morgan fingerprint density at radius 2 is 2.00 bits per heavy atom. The molecule has 126 valence electrons. The van der Waals surface area contributed by atoms with Gasteiger partial charge in [0.1, 0.15) is 11.5 Å². The lowest BCUT2D eigenvalue weighted by molar-refractivity contribution is 0.218. The van der Waals surface area contributed by atoms with Crippen LogP contribution in [0.5, 0.6) is 11.5 Å². The monoisotopic (exact) mass is 334 g/mol. The molecule has 1 N–H and O–H groups in total. The number of allylic oxidation sites excluding steroid dienone is 1. The van der Waals surface area contributed by atoms with Gasteiger partial charge in [0.15, 0.2) is 0 Å². The predicted molar refractivity (Wildman–Crippen MR) is 95.1 cm³/mol. The van der Waals surface area contributed by atoms with Crippen molar-refractivity contribution in [2.75, 3.05) is 6.61 Å². The van der Waals surface area contributed by atoms with Crippen molar-refractivity contribution in [2.24, 2.45) is 10.9 Å². The summed E-state index contributed by atoms with van der Waals surface area (Å²) in [5.74, 6) is 2.10. The van der Waals surface area contributed by atoms with Crippen LogP contribution < -0.4 is 14.8 Å². The van der Waals surface area contributed by atoms with Crippen LogP contribution in [0.3, 0.4) is 0 Å². The zero-order valence-corrected chi connectivity index (χ0v) is 13.9. The number of nitrogens with one attached hydrogen (secondary N) is 1. The second-order valence-corrected chi connectivity index (χ2v) is 6.21. The van der Waals surface area contributed by atoms with Gasteiger partial charge >= 0.3 is 6.03 Å². The lowest BCUT2D eigenvalue weighted by Crippen LogP contribution is -2.45. The maximum atomic E-state index is 12.1. The van der Waals surface area contributed by atoms with Gasteiger partial charge in [0.05, 0.1) is 30.0 Å². The molecule has 4 rings (SSSR count). The number of aliphatic imine (C=N–C) groups is 1. The van der Waals surface area contributed by atoms with E-state index in [0.29, 0.717) is 12.4 Å². The minimum Gasteiger partial charge on any atom is -0.492 e. The fourth-order valence-electron chi connectivity index (χ4n) is 3.29. The quantitative estimate of drug-likeness (QED) is 0.867. The van der Waals surface area contributed by atoms with Gasteiger partial charge in [0.2, 0.25) is 0 Å². The molecule has 5 heteroatoms. The molecule has 2 heterocycles. The molecule has 2 aliphatic rings. The molecule has 0 saturated carbocycles. The molecule has 0 aliphatic carbocycles. The molecule has 2 amide bonds. The van der Waals surface area contributed by atoms with Gasteiger partial charge in [-0.05, 0) is 36.8 Å². The molecule has 0 saturated heterocycles. The molecule has 25 heavy (non-hydrogen) atoms. The van der Waals surface area contributed by atoms with E-state index < -0.39 is 0 Å². The fourth-order valence-corrected chi connectivity index (χ4v) is 3.29. The highest BCUT2D eigenvalue weighted by Crippen LogP contribution is 2.36. The van der Waals surface area contributed by atoms with Crippen LogP contribution in [0.25, 0.3) is 0 Å². The van der Waals surface area contributed by atoms with Crippen LogP contribution >= 0.6 is 0 Å². The van der Waals surface area contributed by atoms with Gasteiger partial charge in [-0.1, -0.05) is 30.8 Å². The third kappa shape index (κ3) is 2.89. The Balaban J connectivity index is 1.67. The molecule has 0 fully saturated rings. The normalized spacial score (nSPS) is 21.2. The molecular weight excluding hydrogens is 316 g/mol. The van der Waals surface area contributed by atoms with Crippen molar-refractivity contribution in [3.63, 3.8) is 0 Å². The Bertz CT molecular complexity index is 871. The summed E-state index contributed by atoms with van der Waals surface area (Å²) in [6.45, 7) is 6.01. The number of hydrogen-bond donors (Lipinski definition) is 1. The van der Waals surface area contributed by atoms with Crippen molar-refractivity contribution in [3.05, 3.63) is 72.0 Å². The van der Waals surface area contributed by atoms with Crippen LogP contribution in [0.1, 0.15) is 24.1 Å². The SMILES string of the molecule is C=C(C)Oc1ccc(C2NC(=O)N=C3c4ccccc4OCC32)cc1. The number of benzene rings is 2. The number of para-hydroxylation sites is 1. The minimum atomic E-state index is -0.324. The van der Waals surface area contributed by atoms with Crippen LogP contribution in [0.2, 0.25) is 0 Å². The van der Waals surface area contributed by atoms with E-state index in [0.717, 1.165) is 28.3 Å². The maximum absolute atomic E-state index is 12.1. The van der Waals surface area contributed by atoms with E-state index in [1.165, 1.54) is 0 Å². The van der Waals surface area contributed by atoms with Crippen molar-refractivity contribution < 1.29 is 14.3 Å². The maximum Gasteiger partial charge on any atom is 0.341 e. The van der Waals surface area contributed by atoms with Crippen molar-refractivity contribution >= 4 is 11.7 Å². The Kier molecular flexibility index (Phi) is 3.76. The van der Waals surface area contributed by atoms with E-state index >= 15 is 0 Å². The lowest BCUT2D eigenvalue weighted by Gasteiger charge is -2.36. The Morgan fingerprint density at radius 3 is 2.76 bits per heavy atom. The first kappa shape index (κ1) is 15.4. The number of carbonyl (C=O) groups excluding carboxylic acids is 1. The topological polar surface area (TPSA) is 59.9 Å². The van der Waals surface area contributed by atoms with E-state index in [-0.39, 0.29) is 18.0 Å². The van der Waals surface area contributed by atoms with Gasteiger partial charge in [0, 0.05) is 5.56 Å². The molecule has 2 unspecified atom stereocenters. The van der Waals surface area contributed by atoms with E-state index in [1.54, 1.807) is 6.92 Å². The third-order valence-electron chi connectivity index (χ3n) is 4.37. The summed E-state index contributed by atoms with van der Waals surface area (Å²) in [6, 6.07) is 14.8. The average Bonchev–Trinajstić information content (AvgIpc) is 2.61. The molecule has 2 aromatic carbocycles. The van der Waals surface area contributed by atoms with Gasteiger partial charge in [-0.2, -0.15) is 4.99 Å². The first-order chi connectivity index (χ1) is 12.1. The first-order valence-corrected chi connectivity index (χ1v) is 8.16. The Hall–Kier alpha value is -3.08. The summed E-state index contributed by atoms with van der Waals surface area (Å²) in [5.41, 5.74) is 2.67. The second-order valence-electron chi connectivity index (χ2n) is 6.21. The van der Waals surface area contributed by atoms with E-state index in [1.807, 2.05) is 48.5 Å². The summed E-state index contributed by atoms with van der Waals surface area (Å²) in [7, 11) is 0. The smallest absolute Gasteiger partial charge is 0.341 e. The van der Waals surface area contributed by atoms with Gasteiger partial charge in [-0.15, -0.1) is 0 Å². The molecule has 2 aliphatic heterocycles. The summed E-state index contributed by atoms with van der Waals surface area (Å²) in [4.78, 5) is 16.4. The molecule has 5 nitrogen and oxygen atoms in total. The van der Waals surface area contributed by atoms with Gasteiger partial charge in [-0.25, -0.2) is 4.79 Å². The summed E-state index contributed by atoms with van der Waals surface area (Å²) in [6.07, 6.45) is 0. The first-order valence-electron chi connectivity index (χ1n) is 8.16. The van der Waals surface area contributed by atoms with Crippen LogP contribution in [-0.4, -0.2) is 18.3 Å². The van der Waals surface area contributed by atoms with Crippen LogP contribution in [0, 0.1) is 5.92 Å². The van der Waals surface area contributed by atoms with Crippen LogP contribution in [-0.2, 0) is 0 Å². The molecule has 2 atom stereocenters. The van der Waals surface area contributed by atoms with E-state index in [4.69, 9.17) is 9.47 Å². The summed E-state index contributed by atoms with van der Waals surface area (Å²) >= 11 is 0. The highest BCUT2D eigenvalue weighted by molar-refractivity contribution is 6.11. The number of amides is 2. The van der Waals surface area contributed by atoms with E-state index in [2.05, 4.69) is 16.9 Å². The summed E-state index contributed by atoms with van der Waals surface area (Å²) in [5, 5.41) is 2.96. The standard InChI is InChI=1S/C20H18N2O3/c1-12(2)25-14-9-7-13(8-10-14)18-16-11-24-17-6-4-3-5-15(17)19(16)22-20(23)21-18/h3-10,16,18H,1,11H2,2H3,(H,21,23). The Labute approximate surface area is 146 Å². The van der Waals surface area contributed by atoms with Crippen molar-refractivity contribution in [2.45, 2.75) is 13.0 Å². The number of fused-ring (bicyclic) bond motifs is 3. The largest absolute Gasteiger partial charge is 0.492 e. The van der Waals surface area contributed by atoms with Gasteiger partial charge < -0.3 is 14.8 Å². The molecule has 0 radical (unpaired) electrons. The fraction of sp³-hybridized carbons (Fsp3) is 0.200. The number of carbonyl (C=O) groups is 1. The number of hydrogen-bond acceptors (Lipinski definition) is 3. The number of nitrogens with zero attached hydrogens (tertiary/aromatic N) is 1. The molecule has 2 aromatic rings. The third-order valence-corrected chi connectivity index (χ3v) is 4.37. The van der Waals surface area contributed by atoms with Gasteiger partial charge in [-0.3, -0.25) is 0 Å². The molecule has 0 aromatic heterocycles. The number of urea groups is 1. The van der Waals surface area contributed by atoms with Crippen LogP contribution in [0.15, 0.2) is 65.9 Å². The van der Waals surface area contributed by atoms with Gasteiger partial charge in [0.25, 0.3) is 0 Å².